The Kier molecular flexibility index (Phi) is 8.44. The Morgan fingerprint density at radius 2 is 1.56 bits per heavy atom. The van der Waals surface area contributed by atoms with Crippen molar-refractivity contribution in [1.82, 2.24) is 10.2 Å². The summed E-state index contributed by atoms with van der Waals surface area (Å²) < 4.78 is 27.0. The third-order valence-corrected chi connectivity index (χ3v) is 5.45. The molecule has 8 nitrogen and oxygen atoms in total. The molecular weight excluding hydrogens is 412 g/mol. The van der Waals surface area contributed by atoms with Crippen LogP contribution in [0, 0.1) is 0 Å². The van der Waals surface area contributed by atoms with Gasteiger partial charge in [0.15, 0.2) is 29.7 Å². The fourth-order valence-corrected chi connectivity index (χ4v) is 3.64. The van der Waals surface area contributed by atoms with Crippen LogP contribution >= 0.6 is 0 Å². The van der Waals surface area contributed by atoms with Gasteiger partial charge in [0.25, 0.3) is 5.91 Å². The van der Waals surface area contributed by atoms with Crippen LogP contribution in [0.3, 0.4) is 0 Å². The van der Waals surface area contributed by atoms with Gasteiger partial charge in [-0.05, 0) is 50.0 Å². The molecule has 8 heteroatoms. The average Bonchev–Trinajstić information content (AvgIpc) is 2.83. The summed E-state index contributed by atoms with van der Waals surface area (Å²) >= 11 is 0. The normalized spacial score (nSPS) is 12.8. The number of nitrogens with one attached hydrogen (secondary N) is 1. The van der Waals surface area contributed by atoms with E-state index in [1.807, 2.05) is 18.2 Å². The van der Waals surface area contributed by atoms with Gasteiger partial charge < -0.3 is 33.9 Å². The predicted octanol–water partition coefficient (Wildman–Crippen LogP) is 3.13. The van der Waals surface area contributed by atoms with E-state index in [4.69, 9.17) is 23.7 Å². The highest BCUT2D eigenvalue weighted by Crippen LogP contribution is 2.37. The van der Waals surface area contributed by atoms with Crippen molar-refractivity contribution in [1.29, 1.82) is 0 Å². The smallest absolute Gasteiger partial charge is 0.260 e. The van der Waals surface area contributed by atoms with E-state index >= 15 is 0 Å². The molecule has 1 aliphatic heterocycles. The van der Waals surface area contributed by atoms with E-state index < -0.39 is 0 Å². The number of hydrogen-bond acceptors (Lipinski definition) is 7. The molecule has 0 spiro atoms. The predicted molar refractivity (Wildman–Crippen MR) is 121 cm³/mol. The summed E-state index contributed by atoms with van der Waals surface area (Å²) in [4.78, 5) is 14.5. The van der Waals surface area contributed by atoms with E-state index in [1.54, 1.807) is 45.5 Å². The first-order chi connectivity index (χ1) is 15.6. The molecule has 1 heterocycles. The summed E-state index contributed by atoms with van der Waals surface area (Å²) in [6.07, 6.45) is 2.76. The molecule has 0 unspecified atom stereocenters. The van der Waals surface area contributed by atoms with Crippen LogP contribution in [-0.4, -0.2) is 65.6 Å². The van der Waals surface area contributed by atoms with Gasteiger partial charge in [-0.1, -0.05) is 6.07 Å². The molecule has 0 aromatic heterocycles. The lowest BCUT2D eigenvalue weighted by atomic mass is 10.1. The molecule has 1 N–H and O–H groups in total. The molecule has 1 aliphatic rings. The van der Waals surface area contributed by atoms with Crippen LogP contribution in [0.15, 0.2) is 30.3 Å². The van der Waals surface area contributed by atoms with Crippen molar-refractivity contribution in [2.45, 2.75) is 19.3 Å². The summed E-state index contributed by atoms with van der Waals surface area (Å²) in [5, 5.41) is 3.46. The van der Waals surface area contributed by atoms with Gasteiger partial charge in [-0.25, -0.2) is 0 Å². The fraction of sp³-hybridized carbons (Fsp3) is 0.458. The van der Waals surface area contributed by atoms with Crippen molar-refractivity contribution in [2.75, 3.05) is 54.8 Å². The molecule has 174 valence electrons. The lowest BCUT2D eigenvalue weighted by Crippen LogP contribution is -2.39. The number of nitrogens with zero attached hydrogens (tertiary/aromatic N) is 1. The van der Waals surface area contributed by atoms with E-state index in [0.29, 0.717) is 29.4 Å². The van der Waals surface area contributed by atoms with Gasteiger partial charge in [0.1, 0.15) is 5.75 Å². The molecule has 32 heavy (non-hydrogen) atoms. The average molecular weight is 445 g/mol. The standard InChI is InChI=1S/C24H32N2O6/c1-28-19-8-7-17(13-21(19)29-2)9-11-25-10-5-6-12-26-16-32-20-15-23(31-4)22(30-3)14-18(20)24(26)27/h7-8,13-15,25H,5-6,9-12,16H2,1-4H3. The maximum atomic E-state index is 12.8. The second kappa shape index (κ2) is 11.5. The van der Waals surface area contributed by atoms with Gasteiger partial charge in [0, 0.05) is 18.7 Å². The first kappa shape index (κ1) is 23.5. The summed E-state index contributed by atoms with van der Waals surface area (Å²) in [5.74, 6) is 3.03. The number of carbonyl (C=O) groups excluding carboxylic acids is 1. The minimum atomic E-state index is -0.0476. The third kappa shape index (κ3) is 5.56. The second-order valence-corrected chi connectivity index (χ2v) is 7.44. The van der Waals surface area contributed by atoms with E-state index in [1.165, 1.54) is 5.56 Å². The summed E-state index contributed by atoms with van der Waals surface area (Å²) in [6, 6.07) is 9.36. The van der Waals surface area contributed by atoms with Gasteiger partial charge in [-0.3, -0.25) is 4.79 Å². The Hall–Kier alpha value is -3.13. The maximum absolute atomic E-state index is 12.8. The molecule has 0 radical (unpaired) electrons. The quantitative estimate of drug-likeness (QED) is 0.504. The maximum Gasteiger partial charge on any atom is 0.260 e. The molecule has 0 aliphatic carbocycles. The lowest BCUT2D eigenvalue weighted by molar-refractivity contribution is 0.0515. The Balaban J connectivity index is 1.39. The zero-order valence-corrected chi connectivity index (χ0v) is 19.2. The Bertz CT molecular complexity index is 918. The largest absolute Gasteiger partial charge is 0.493 e. The van der Waals surface area contributed by atoms with Crippen molar-refractivity contribution in [3.63, 3.8) is 0 Å². The molecule has 3 rings (SSSR count). The summed E-state index contributed by atoms with van der Waals surface area (Å²) in [7, 11) is 6.39. The number of benzene rings is 2. The first-order valence-electron chi connectivity index (χ1n) is 10.7. The highest BCUT2D eigenvalue weighted by molar-refractivity contribution is 5.98. The number of fused-ring (bicyclic) bond motifs is 1. The molecule has 0 atom stereocenters. The minimum absolute atomic E-state index is 0.0476. The van der Waals surface area contributed by atoms with E-state index in [0.717, 1.165) is 43.9 Å². The first-order valence-corrected chi connectivity index (χ1v) is 10.7. The zero-order chi connectivity index (χ0) is 22.9. The van der Waals surface area contributed by atoms with Gasteiger partial charge >= 0.3 is 0 Å². The summed E-state index contributed by atoms with van der Waals surface area (Å²) in [6.45, 7) is 2.64. The molecule has 2 aromatic rings. The molecule has 0 bridgehead atoms. The van der Waals surface area contributed by atoms with E-state index in [2.05, 4.69) is 5.32 Å². The molecule has 0 saturated carbocycles. The fourth-order valence-electron chi connectivity index (χ4n) is 3.64. The molecule has 1 amide bonds. The van der Waals surface area contributed by atoms with Crippen LogP contribution in [0.25, 0.3) is 0 Å². The van der Waals surface area contributed by atoms with Crippen LogP contribution in [-0.2, 0) is 6.42 Å². The van der Waals surface area contributed by atoms with Crippen molar-refractivity contribution in [3.05, 3.63) is 41.5 Å². The highest BCUT2D eigenvalue weighted by atomic mass is 16.5. The van der Waals surface area contributed by atoms with Crippen molar-refractivity contribution in [3.8, 4) is 28.7 Å². The van der Waals surface area contributed by atoms with Crippen LogP contribution in [0.2, 0.25) is 0 Å². The van der Waals surface area contributed by atoms with Gasteiger partial charge in [0.05, 0.1) is 34.0 Å². The highest BCUT2D eigenvalue weighted by Gasteiger charge is 2.27. The van der Waals surface area contributed by atoms with Crippen LogP contribution in [0.1, 0.15) is 28.8 Å². The van der Waals surface area contributed by atoms with Crippen molar-refractivity contribution >= 4 is 5.91 Å². The van der Waals surface area contributed by atoms with Crippen LogP contribution < -0.4 is 29.0 Å². The van der Waals surface area contributed by atoms with E-state index in [-0.39, 0.29) is 12.6 Å². The van der Waals surface area contributed by atoms with Crippen LogP contribution in [0.5, 0.6) is 28.7 Å². The lowest BCUT2D eigenvalue weighted by Gasteiger charge is -2.29. The van der Waals surface area contributed by atoms with Crippen molar-refractivity contribution in [2.24, 2.45) is 0 Å². The van der Waals surface area contributed by atoms with E-state index in [9.17, 15) is 4.79 Å². The zero-order valence-electron chi connectivity index (χ0n) is 19.2. The SMILES string of the molecule is COc1ccc(CCNCCCCN2COc3cc(OC)c(OC)cc3C2=O)cc1OC. The second-order valence-electron chi connectivity index (χ2n) is 7.44. The minimum Gasteiger partial charge on any atom is -0.493 e. The molecule has 0 saturated heterocycles. The molecular formula is C24H32N2O6. The number of methoxy groups -OCH3 is 4. The summed E-state index contributed by atoms with van der Waals surface area (Å²) in [5.41, 5.74) is 1.69. The van der Waals surface area contributed by atoms with Gasteiger partial charge in [-0.15, -0.1) is 0 Å². The van der Waals surface area contributed by atoms with Gasteiger partial charge in [-0.2, -0.15) is 0 Å². The molecule has 0 fully saturated rings. The van der Waals surface area contributed by atoms with Crippen molar-refractivity contribution < 1.29 is 28.5 Å². The number of carbonyl (C=O) groups is 1. The van der Waals surface area contributed by atoms with Crippen LogP contribution in [0.4, 0.5) is 0 Å². The Morgan fingerprint density at radius 3 is 2.28 bits per heavy atom. The molecule has 2 aromatic carbocycles. The van der Waals surface area contributed by atoms with Gasteiger partial charge in [0.2, 0.25) is 0 Å². The Labute approximate surface area is 189 Å². The Morgan fingerprint density at radius 1 is 0.875 bits per heavy atom. The third-order valence-electron chi connectivity index (χ3n) is 5.45. The number of ether oxygens (including phenoxy) is 5. The monoisotopic (exact) mass is 444 g/mol. The number of unbranched alkanes of at least 4 members (excludes halogenated alkanes) is 1. The topological polar surface area (TPSA) is 78.5 Å². The number of rotatable bonds is 12. The number of amides is 1. The number of hydrogen-bond donors (Lipinski definition) is 1.